The first-order chi connectivity index (χ1) is 10.8. The van der Waals surface area contributed by atoms with Crippen molar-refractivity contribution >= 4 is 33.2 Å². The number of anilines is 2. The molecule has 0 saturated carbocycles. The summed E-state index contributed by atoms with van der Waals surface area (Å²) in [5.41, 5.74) is 11.3. The molecule has 2 rings (SSSR count). The molecular formula is C18H21BrN2O2. The Hall–Kier alpha value is -2.01. The molecule has 0 aromatic heterocycles. The summed E-state index contributed by atoms with van der Waals surface area (Å²) in [6, 6.07) is 7.66. The van der Waals surface area contributed by atoms with Gasteiger partial charge < -0.3 is 15.8 Å². The number of carbonyl (C=O) groups excluding carboxylic acids is 1. The highest BCUT2D eigenvalue weighted by Gasteiger charge is 2.12. The quantitative estimate of drug-likeness (QED) is 0.782. The highest BCUT2D eigenvalue weighted by molar-refractivity contribution is 9.10. The molecule has 0 bridgehead atoms. The molecule has 2 aromatic carbocycles. The Kier molecular flexibility index (Phi) is 5.31. The number of halogens is 1. The molecule has 0 saturated heterocycles. The Morgan fingerprint density at radius 3 is 2.26 bits per heavy atom. The molecule has 0 spiro atoms. The van der Waals surface area contributed by atoms with Gasteiger partial charge in [-0.15, -0.1) is 0 Å². The van der Waals surface area contributed by atoms with E-state index < -0.39 is 0 Å². The van der Waals surface area contributed by atoms with Crippen molar-refractivity contribution in [1.82, 2.24) is 0 Å². The fourth-order valence-corrected chi connectivity index (χ4v) is 3.38. The summed E-state index contributed by atoms with van der Waals surface area (Å²) in [7, 11) is 0. The molecule has 2 aromatic rings. The van der Waals surface area contributed by atoms with Crippen molar-refractivity contribution in [3.63, 3.8) is 0 Å². The van der Waals surface area contributed by atoms with Gasteiger partial charge in [-0.1, -0.05) is 6.07 Å². The van der Waals surface area contributed by atoms with Crippen LogP contribution in [0.25, 0.3) is 0 Å². The van der Waals surface area contributed by atoms with Crippen molar-refractivity contribution in [3.8, 4) is 5.75 Å². The molecule has 0 aliphatic heterocycles. The SMILES string of the molecule is Cc1cc(C)c(OCC(=O)Nc2c(C)cc(N)cc2C)c(Br)c1. The van der Waals surface area contributed by atoms with Gasteiger partial charge in [-0.25, -0.2) is 0 Å². The minimum Gasteiger partial charge on any atom is -0.482 e. The molecule has 1 amide bonds. The molecule has 0 atom stereocenters. The van der Waals surface area contributed by atoms with Gasteiger partial charge in [0.25, 0.3) is 5.91 Å². The summed E-state index contributed by atoms with van der Waals surface area (Å²) in [6.07, 6.45) is 0. The predicted octanol–water partition coefficient (Wildman–Crippen LogP) is 4.28. The number of hydrogen-bond acceptors (Lipinski definition) is 3. The summed E-state index contributed by atoms with van der Waals surface area (Å²) >= 11 is 3.48. The number of rotatable bonds is 4. The molecular weight excluding hydrogens is 356 g/mol. The van der Waals surface area contributed by atoms with Gasteiger partial charge in [0.15, 0.2) is 6.61 Å². The molecule has 0 unspecified atom stereocenters. The normalized spacial score (nSPS) is 10.5. The van der Waals surface area contributed by atoms with Crippen LogP contribution in [-0.4, -0.2) is 12.5 Å². The van der Waals surface area contributed by atoms with E-state index in [1.54, 1.807) is 0 Å². The van der Waals surface area contributed by atoms with Crippen molar-refractivity contribution in [1.29, 1.82) is 0 Å². The van der Waals surface area contributed by atoms with Gasteiger partial charge in [-0.3, -0.25) is 4.79 Å². The van der Waals surface area contributed by atoms with Crippen LogP contribution in [0.5, 0.6) is 5.75 Å². The van der Waals surface area contributed by atoms with E-state index in [2.05, 4.69) is 21.2 Å². The van der Waals surface area contributed by atoms with Crippen LogP contribution in [0.1, 0.15) is 22.3 Å². The molecule has 122 valence electrons. The second-order valence-corrected chi connectivity index (χ2v) is 6.61. The number of amides is 1. The maximum absolute atomic E-state index is 12.2. The zero-order valence-electron chi connectivity index (χ0n) is 13.8. The Morgan fingerprint density at radius 1 is 1.09 bits per heavy atom. The lowest BCUT2D eigenvalue weighted by Crippen LogP contribution is -2.21. The molecule has 4 nitrogen and oxygen atoms in total. The molecule has 0 fully saturated rings. The lowest BCUT2D eigenvalue weighted by Gasteiger charge is -2.15. The number of carbonyl (C=O) groups is 1. The number of ether oxygens (including phenoxy) is 1. The number of aryl methyl sites for hydroxylation is 4. The van der Waals surface area contributed by atoms with Crippen molar-refractivity contribution in [2.24, 2.45) is 0 Å². The fourth-order valence-electron chi connectivity index (χ4n) is 2.59. The van der Waals surface area contributed by atoms with Crippen molar-refractivity contribution in [2.75, 3.05) is 17.7 Å². The smallest absolute Gasteiger partial charge is 0.262 e. The second-order valence-electron chi connectivity index (χ2n) is 5.76. The van der Waals surface area contributed by atoms with Crippen LogP contribution in [0.15, 0.2) is 28.7 Å². The van der Waals surface area contributed by atoms with Crippen LogP contribution in [0, 0.1) is 27.7 Å². The third-order valence-electron chi connectivity index (χ3n) is 3.54. The van der Waals surface area contributed by atoms with Gasteiger partial charge >= 0.3 is 0 Å². The van der Waals surface area contributed by atoms with E-state index in [1.807, 2.05) is 52.0 Å². The molecule has 5 heteroatoms. The first-order valence-corrected chi connectivity index (χ1v) is 8.13. The molecule has 3 N–H and O–H groups in total. The summed E-state index contributed by atoms with van der Waals surface area (Å²) < 4.78 is 6.53. The van der Waals surface area contributed by atoms with E-state index in [-0.39, 0.29) is 12.5 Å². The summed E-state index contributed by atoms with van der Waals surface area (Å²) in [6.45, 7) is 7.76. The van der Waals surface area contributed by atoms with Gasteiger partial charge in [0.1, 0.15) is 5.75 Å². The highest BCUT2D eigenvalue weighted by Crippen LogP contribution is 2.30. The minimum atomic E-state index is -0.201. The zero-order valence-corrected chi connectivity index (χ0v) is 15.4. The summed E-state index contributed by atoms with van der Waals surface area (Å²) in [5.74, 6) is 0.490. The van der Waals surface area contributed by atoms with Gasteiger partial charge in [-0.05, 0) is 84.1 Å². The maximum atomic E-state index is 12.2. The molecule has 0 heterocycles. The van der Waals surface area contributed by atoms with Crippen LogP contribution in [-0.2, 0) is 4.79 Å². The average molecular weight is 377 g/mol. The highest BCUT2D eigenvalue weighted by atomic mass is 79.9. The summed E-state index contributed by atoms with van der Waals surface area (Å²) in [5, 5.41) is 2.89. The first kappa shape index (κ1) is 17.3. The number of nitrogens with two attached hydrogens (primary N) is 1. The predicted molar refractivity (Wildman–Crippen MR) is 98.1 cm³/mol. The van der Waals surface area contributed by atoms with Gasteiger partial charge in [0.05, 0.1) is 4.47 Å². The average Bonchev–Trinajstić information content (AvgIpc) is 2.41. The number of hydrogen-bond donors (Lipinski definition) is 2. The molecule has 0 aliphatic carbocycles. The topological polar surface area (TPSA) is 64.3 Å². The van der Waals surface area contributed by atoms with Crippen molar-refractivity contribution in [3.05, 3.63) is 51.0 Å². The molecule has 0 radical (unpaired) electrons. The van der Waals surface area contributed by atoms with Gasteiger partial charge in [0.2, 0.25) is 0 Å². The third-order valence-corrected chi connectivity index (χ3v) is 4.13. The van der Waals surface area contributed by atoms with E-state index in [0.29, 0.717) is 11.4 Å². The monoisotopic (exact) mass is 376 g/mol. The second kappa shape index (κ2) is 7.04. The molecule has 23 heavy (non-hydrogen) atoms. The van der Waals surface area contributed by atoms with Crippen LogP contribution < -0.4 is 15.8 Å². The number of nitrogens with one attached hydrogen (secondary N) is 1. The lowest BCUT2D eigenvalue weighted by molar-refractivity contribution is -0.118. The van der Waals surface area contributed by atoms with Crippen LogP contribution in [0.2, 0.25) is 0 Å². The van der Waals surface area contributed by atoms with E-state index >= 15 is 0 Å². The van der Waals surface area contributed by atoms with Gasteiger partial charge in [-0.2, -0.15) is 0 Å². The Labute approximate surface area is 145 Å². The Morgan fingerprint density at radius 2 is 1.70 bits per heavy atom. The van der Waals surface area contributed by atoms with Gasteiger partial charge in [0, 0.05) is 11.4 Å². The standard InChI is InChI=1S/C18H21BrN2O2/c1-10-5-13(4)18(15(19)6-10)23-9-16(22)21-17-11(2)7-14(20)8-12(17)3/h5-8H,9,20H2,1-4H3,(H,21,22). The largest absolute Gasteiger partial charge is 0.482 e. The number of benzene rings is 2. The fraction of sp³-hybridized carbons (Fsp3) is 0.278. The van der Waals surface area contributed by atoms with E-state index in [0.717, 1.165) is 32.4 Å². The zero-order chi connectivity index (χ0) is 17.1. The lowest BCUT2D eigenvalue weighted by atomic mass is 10.1. The van der Waals surface area contributed by atoms with E-state index in [4.69, 9.17) is 10.5 Å². The third kappa shape index (κ3) is 4.26. The van der Waals surface area contributed by atoms with Crippen LogP contribution >= 0.6 is 15.9 Å². The van der Waals surface area contributed by atoms with Crippen molar-refractivity contribution in [2.45, 2.75) is 27.7 Å². The first-order valence-electron chi connectivity index (χ1n) is 7.34. The Balaban J connectivity index is 2.07. The van der Waals surface area contributed by atoms with E-state index in [1.165, 1.54) is 0 Å². The minimum absolute atomic E-state index is 0.0498. The van der Waals surface area contributed by atoms with Crippen LogP contribution in [0.3, 0.4) is 0 Å². The Bertz CT molecular complexity index is 711. The van der Waals surface area contributed by atoms with Crippen molar-refractivity contribution < 1.29 is 9.53 Å². The molecule has 0 aliphatic rings. The number of nitrogen functional groups attached to an aromatic ring is 1. The van der Waals surface area contributed by atoms with Crippen LogP contribution in [0.4, 0.5) is 11.4 Å². The maximum Gasteiger partial charge on any atom is 0.262 e. The van der Waals surface area contributed by atoms with E-state index in [9.17, 15) is 4.79 Å². The summed E-state index contributed by atoms with van der Waals surface area (Å²) in [4.78, 5) is 12.2.